The van der Waals surface area contributed by atoms with Gasteiger partial charge in [0, 0.05) is 0 Å². The molecule has 0 aliphatic heterocycles. The van der Waals surface area contributed by atoms with Gasteiger partial charge >= 0.3 is 0 Å². The fourth-order valence-electron chi connectivity index (χ4n) is 2.55. The van der Waals surface area contributed by atoms with E-state index in [1.165, 1.54) is 83.5 Å². The van der Waals surface area contributed by atoms with E-state index in [0.29, 0.717) is 11.6 Å². The van der Waals surface area contributed by atoms with Crippen LogP contribution in [0, 0.1) is 0 Å². The number of hydrogen-bond acceptors (Lipinski definition) is 1. The first kappa shape index (κ1) is 20.8. The maximum absolute atomic E-state index is 5.59. The summed E-state index contributed by atoms with van der Waals surface area (Å²) in [5.41, 5.74) is 0. The van der Waals surface area contributed by atoms with E-state index in [4.69, 9.17) is 16.3 Å². The smallest absolute Gasteiger partial charge is 0.104 e. The third kappa shape index (κ3) is 17.8. The number of hydrogen-bond donors (Lipinski definition) is 0. The fraction of sp³-hybridized carbons (Fsp3) is 0.895. The standard InChI is InChI=1S/C19H37ClO/c1-3-4-5-6-7-8-9-10-11-12-13-14-15-16-17-21-19(2)18-20/h2-18H2,1H3. The number of unbranched alkanes of at least 4 members (excludes halogenated alkanes) is 13. The van der Waals surface area contributed by atoms with Crippen molar-refractivity contribution in [3.63, 3.8) is 0 Å². The fourth-order valence-corrected chi connectivity index (χ4v) is 2.63. The highest BCUT2D eigenvalue weighted by molar-refractivity contribution is 6.19. The van der Waals surface area contributed by atoms with Crippen LogP contribution in [0.1, 0.15) is 96.8 Å². The highest BCUT2D eigenvalue weighted by Gasteiger charge is 1.95. The van der Waals surface area contributed by atoms with Crippen LogP contribution in [-0.2, 0) is 4.74 Å². The summed E-state index contributed by atoms with van der Waals surface area (Å²) in [5, 5.41) is 0. The zero-order valence-corrected chi connectivity index (χ0v) is 15.1. The van der Waals surface area contributed by atoms with Crippen LogP contribution in [0.4, 0.5) is 0 Å². The molecule has 2 heteroatoms. The first-order chi connectivity index (χ1) is 10.3. The van der Waals surface area contributed by atoms with Gasteiger partial charge in [0.05, 0.1) is 12.5 Å². The van der Waals surface area contributed by atoms with Gasteiger partial charge in [-0.3, -0.25) is 0 Å². The topological polar surface area (TPSA) is 9.23 Å². The second-order valence-electron chi connectivity index (χ2n) is 6.12. The average molecular weight is 317 g/mol. The van der Waals surface area contributed by atoms with Crippen molar-refractivity contribution in [3.8, 4) is 0 Å². The van der Waals surface area contributed by atoms with Gasteiger partial charge in [-0.25, -0.2) is 0 Å². The Hall–Kier alpha value is -0.170. The number of allylic oxidation sites excluding steroid dienone is 1. The summed E-state index contributed by atoms with van der Waals surface area (Å²) in [6.45, 7) is 6.79. The van der Waals surface area contributed by atoms with Crippen molar-refractivity contribution in [2.75, 3.05) is 12.5 Å². The minimum Gasteiger partial charge on any atom is -0.497 e. The number of rotatable bonds is 17. The van der Waals surface area contributed by atoms with Crippen molar-refractivity contribution >= 4 is 11.6 Å². The lowest BCUT2D eigenvalue weighted by Crippen LogP contribution is -1.95. The molecule has 0 saturated heterocycles. The second kappa shape index (κ2) is 17.9. The minimum absolute atomic E-state index is 0.415. The van der Waals surface area contributed by atoms with Gasteiger partial charge in [0.1, 0.15) is 5.76 Å². The minimum atomic E-state index is 0.415. The lowest BCUT2D eigenvalue weighted by atomic mass is 10.0. The first-order valence-electron chi connectivity index (χ1n) is 9.17. The lowest BCUT2D eigenvalue weighted by molar-refractivity contribution is 0.209. The molecule has 0 rings (SSSR count). The molecule has 1 nitrogen and oxygen atoms in total. The Morgan fingerprint density at radius 3 is 1.48 bits per heavy atom. The van der Waals surface area contributed by atoms with Crippen LogP contribution in [0.25, 0.3) is 0 Å². The Labute approximate surface area is 138 Å². The maximum Gasteiger partial charge on any atom is 0.104 e. The molecule has 0 heterocycles. The van der Waals surface area contributed by atoms with E-state index < -0.39 is 0 Å². The summed E-state index contributed by atoms with van der Waals surface area (Å²) < 4.78 is 5.37. The highest BCUT2D eigenvalue weighted by atomic mass is 35.5. The molecule has 0 amide bonds. The molecule has 0 unspecified atom stereocenters. The summed E-state index contributed by atoms with van der Waals surface area (Å²) >= 11 is 5.59. The quantitative estimate of drug-likeness (QED) is 0.156. The zero-order chi connectivity index (χ0) is 15.6. The van der Waals surface area contributed by atoms with Crippen LogP contribution in [0.3, 0.4) is 0 Å². The number of halogens is 1. The summed E-state index contributed by atoms with van der Waals surface area (Å²) in [6, 6.07) is 0. The molecule has 0 bridgehead atoms. The van der Waals surface area contributed by atoms with E-state index in [2.05, 4.69) is 13.5 Å². The highest BCUT2D eigenvalue weighted by Crippen LogP contribution is 2.13. The van der Waals surface area contributed by atoms with Gasteiger partial charge in [-0.1, -0.05) is 97.0 Å². The monoisotopic (exact) mass is 316 g/mol. The molecule has 21 heavy (non-hydrogen) atoms. The second-order valence-corrected chi connectivity index (χ2v) is 6.38. The first-order valence-corrected chi connectivity index (χ1v) is 9.71. The van der Waals surface area contributed by atoms with Crippen LogP contribution in [0.15, 0.2) is 12.3 Å². The van der Waals surface area contributed by atoms with E-state index in [1.54, 1.807) is 0 Å². The molecule has 0 saturated carbocycles. The molecule has 0 aliphatic rings. The summed E-state index contributed by atoms with van der Waals surface area (Å²) in [4.78, 5) is 0. The van der Waals surface area contributed by atoms with Crippen LogP contribution < -0.4 is 0 Å². The number of alkyl halides is 1. The molecule has 0 aliphatic carbocycles. The normalized spacial score (nSPS) is 10.8. The average Bonchev–Trinajstić information content (AvgIpc) is 2.50. The summed E-state index contributed by atoms with van der Waals surface area (Å²) in [7, 11) is 0. The van der Waals surface area contributed by atoms with Gasteiger partial charge in [-0.15, -0.1) is 11.6 Å². The SMILES string of the molecule is C=C(CCl)OCCCCCCCCCCCCCCCC. The maximum atomic E-state index is 5.59. The molecule has 0 atom stereocenters. The third-order valence-electron chi connectivity index (χ3n) is 3.95. The molecule has 0 radical (unpaired) electrons. The molecule has 0 fully saturated rings. The Balaban J connectivity index is 2.98. The summed E-state index contributed by atoms with van der Waals surface area (Å²) in [6.07, 6.45) is 19.4. The predicted octanol–water partition coefficient (Wildman–Crippen LogP) is 7.24. The van der Waals surface area contributed by atoms with Crippen molar-refractivity contribution in [1.82, 2.24) is 0 Å². The van der Waals surface area contributed by atoms with Crippen molar-refractivity contribution in [3.05, 3.63) is 12.3 Å². The zero-order valence-electron chi connectivity index (χ0n) is 14.3. The van der Waals surface area contributed by atoms with E-state index >= 15 is 0 Å². The molecule has 0 aromatic carbocycles. The van der Waals surface area contributed by atoms with Crippen molar-refractivity contribution in [1.29, 1.82) is 0 Å². The molecule has 0 aromatic rings. The molecular formula is C19H37ClO. The Morgan fingerprint density at radius 2 is 1.10 bits per heavy atom. The van der Waals surface area contributed by atoms with Crippen LogP contribution in [0.5, 0.6) is 0 Å². The third-order valence-corrected chi connectivity index (χ3v) is 4.25. The van der Waals surface area contributed by atoms with E-state index in [1.807, 2.05) is 0 Å². The van der Waals surface area contributed by atoms with Gasteiger partial charge < -0.3 is 4.74 Å². The van der Waals surface area contributed by atoms with Gasteiger partial charge in [0.15, 0.2) is 0 Å². The predicted molar refractivity (Wildman–Crippen MR) is 96.1 cm³/mol. The molecule has 126 valence electrons. The van der Waals surface area contributed by atoms with Crippen LogP contribution >= 0.6 is 11.6 Å². The Kier molecular flexibility index (Phi) is 17.7. The van der Waals surface area contributed by atoms with Gasteiger partial charge in [0.25, 0.3) is 0 Å². The molecule has 0 aromatic heterocycles. The van der Waals surface area contributed by atoms with Crippen molar-refractivity contribution in [2.45, 2.75) is 96.8 Å². The molecule has 0 N–H and O–H groups in total. The van der Waals surface area contributed by atoms with E-state index in [9.17, 15) is 0 Å². The molecular weight excluding hydrogens is 280 g/mol. The van der Waals surface area contributed by atoms with E-state index in [-0.39, 0.29) is 0 Å². The van der Waals surface area contributed by atoms with Gasteiger partial charge in [0.2, 0.25) is 0 Å². The Bertz CT molecular complexity index is 216. The Morgan fingerprint density at radius 1 is 0.714 bits per heavy atom. The van der Waals surface area contributed by atoms with Gasteiger partial charge in [-0.05, 0) is 6.42 Å². The largest absolute Gasteiger partial charge is 0.497 e. The number of ether oxygens (including phenoxy) is 1. The van der Waals surface area contributed by atoms with Crippen molar-refractivity contribution < 1.29 is 4.74 Å². The van der Waals surface area contributed by atoms with Crippen LogP contribution in [0.2, 0.25) is 0 Å². The van der Waals surface area contributed by atoms with Gasteiger partial charge in [-0.2, -0.15) is 0 Å². The van der Waals surface area contributed by atoms with E-state index in [0.717, 1.165) is 13.0 Å². The summed E-state index contributed by atoms with van der Waals surface area (Å²) in [5.74, 6) is 1.12. The lowest BCUT2D eigenvalue weighted by Gasteiger charge is -2.06. The van der Waals surface area contributed by atoms with Crippen LogP contribution in [-0.4, -0.2) is 12.5 Å². The molecule has 0 spiro atoms. The van der Waals surface area contributed by atoms with Crippen molar-refractivity contribution in [2.24, 2.45) is 0 Å².